The van der Waals surface area contributed by atoms with E-state index >= 15 is 0 Å². The van der Waals surface area contributed by atoms with Gasteiger partial charge in [-0.25, -0.2) is 8.42 Å². The first kappa shape index (κ1) is 31.8. The quantitative estimate of drug-likeness (QED) is 0.246. The van der Waals surface area contributed by atoms with Gasteiger partial charge in [0.2, 0.25) is 10.0 Å². The molecule has 3 aromatic rings. The molecule has 1 heterocycles. The lowest BCUT2D eigenvalue weighted by Crippen LogP contribution is -2.51. The Balaban J connectivity index is 1.58. The van der Waals surface area contributed by atoms with Crippen LogP contribution in [0.5, 0.6) is 5.75 Å². The summed E-state index contributed by atoms with van der Waals surface area (Å²) in [6.07, 6.45) is -0.343. The number of nitrogen functional groups attached to an aromatic ring is 1. The second kappa shape index (κ2) is 14.3. The summed E-state index contributed by atoms with van der Waals surface area (Å²) < 4.78 is 39.8. The predicted octanol–water partition coefficient (Wildman–Crippen LogP) is 4.14. The molecule has 11 heteroatoms. The Morgan fingerprint density at radius 3 is 2.48 bits per heavy atom. The van der Waals surface area contributed by atoms with Gasteiger partial charge in [-0.2, -0.15) is 4.31 Å². The molecule has 0 bridgehead atoms. The molecule has 0 radical (unpaired) electrons. The molecule has 1 saturated heterocycles. The number of aliphatic hydroxyl groups is 1. The summed E-state index contributed by atoms with van der Waals surface area (Å²) in [7, 11) is -3.96. The second-order valence-electron chi connectivity index (χ2n) is 10.9. The summed E-state index contributed by atoms with van der Waals surface area (Å²) in [5.41, 5.74) is 7.34. The fourth-order valence-corrected chi connectivity index (χ4v) is 6.61. The molecular weight excluding hydrogens is 578 g/mol. The number of aliphatic hydroxyl groups excluding tert-OH is 1. The molecule has 4 N–H and O–H groups in total. The molecule has 4 rings (SSSR count). The Bertz CT molecular complexity index is 1430. The van der Waals surface area contributed by atoms with Gasteiger partial charge in [0.25, 0.3) is 5.91 Å². The Kier molecular flexibility index (Phi) is 10.9. The maximum Gasteiger partial charge on any atom is 0.251 e. The summed E-state index contributed by atoms with van der Waals surface area (Å²) in [6.45, 7) is 4.82. The summed E-state index contributed by atoms with van der Waals surface area (Å²) in [5.74, 6) is -0.0408. The lowest BCUT2D eigenvalue weighted by atomic mass is 10.00. The molecule has 1 aliphatic rings. The van der Waals surface area contributed by atoms with Crippen LogP contribution in [0, 0.1) is 5.92 Å². The van der Waals surface area contributed by atoms with Gasteiger partial charge in [-0.3, -0.25) is 4.79 Å². The van der Waals surface area contributed by atoms with Gasteiger partial charge in [-0.1, -0.05) is 55.8 Å². The Morgan fingerprint density at radius 1 is 1.12 bits per heavy atom. The fraction of sp³-hybridized carbons (Fsp3) is 0.387. The third-order valence-corrected chi connectivity index (χ3v) is 8.94. The van der Waals surface area contributed by atoms with Gasteiger partial charge >= 0.3 is 0 Å². The number of ether oxygens (including phenoxy) is 2. The normalized spacial score (nSPS) is 16.9. The third-order valence-electron chi connectivity index (χ3n) is 6.88. The van der Waals surface area contributed by atoms with Crippen LogP contribution in [0.15, 0.2) is 77.7 Å². The topological polar surface area (TPSA) is 131 Å². The van der Waals surface area contributed by atoms with E-state index in [-0.39, 0.29) is 42.0 Å². The van der Waals surface area contributed by atoms with Crippen molar-refractivity contribution in [2.24, 2.45) is 5.92 Å². The van der Waals surface area contributed by atoms with Gasteiger partial charge in [0.05, 0.1) is 30.3 Å². The number of hydrogen-bond donors (Lipinski definition) is 3. The van der Waals surface area contributed by atoms with Crippen molar-refractivity contribution < 1.29 is 27.8 Å². The number of sulfonamides is 1. The van der Waals surface area contributed by atoms with Crippen molar-refractivity contribution in [1.29, 1.82) is 0 Å². The largest absolute Gasteiger partial charge is 0.488 e. The average Bonchev–Trinajstić information content (AvgIpc) is 3.45. The number of nitrogens with two attached hydrogens (primary N) is 1. The maximum atomic E-state index is 13.6. The highest BCUT2D eigenvalue weighted by molar-refractivity contribution is 7.89. The minimum atomic E-state index is -3.96. The van der Waals surface area contributed by atoms with E-state index in [2.05, 4.69) is 5.32 Å². The van der Waals surface area contributed by atoms with Crippen LogP contribution < -0.4 is 15.8 Å². The Morgan fingerprint density at radius 2 is 1.83 bits per heavy atom. The monoisotopic (exact) mass is 615 g/mol. The third kappa shape index (κ3) is 8.68. The first-order valence-electron chi connectivity index (χ1n) is 13.9. The minimum absolute atomic E-state index is 0.0157. The smallest absolute Gasteiger partial charge is 0.251 e. The number of carbonyl (C=O) groups is 1. The summed E-state index contributed by atoms with van der Waals surface area (Å²) >= 11 is 6.32. The number of anilines is 1. The van der Waals surface area contributed by atoms with Gasteiger partial charge in [0, 0.05) is 35.8 Å². The molecule has 1 amide bonds. The highest BCUT2D eigenvalue weighted by Gasteiger charge is 2.31. The zero-order valence-corrected chi connectivity index (χ0v) is 25.4. The van der Waals surface area contributed by atoms with E-state index in [0.29, 0.717) is 29.7 Å². The molecule has 1 aliphatic heterocycles. The summed E-state index contributed by atoms with van der Waals surface area (Å²) in [4.78, 5) is 13.6. The van der Waals surface area contributed by atoms with Crippen LogP contribution in [-0.4, -0.2) is 68.3 Å². The average molecular weight is 616 g/mol. The number of carbonyl (C=O) groups excluding carboxylic acids is 1. The van der Waals surface area contributed by atoms with Crippen LogP contribution in [-0.2, 0) is 21.2 Å². The molecule has 226 valence electrons. The van der Waals surface area contributed by atoms with Crippen molar-refractivity contribution >= 4 is 33.2 Å². The number of halogens is 1. The van der Waals surface area contributed by atoms with Crippen LogP contribution in [0.3, 0.4) is 0 Å². The highest BCUT2D eigenvalue weighted by Crippen LogP contribution is 2.25. The molecule has 0 aromatic heterocycles. The van der Waals surface area contributed by atoms with Crippen LogP contribution in [0.1, 0.15) is 36.2 Å². The first-order chi connectivity index (χ1) is 20.0. The lowest BCUT2D eigenvalue weighted by Gasteiger charge is -2.31. The highest BCUT2D eigenvalue weighted by atomic mass is 35.5. The molecular formula is C31H38ClN3O6S. The number of rotatable bonds is 13. The summed E-state index contributed by atoms with van der Waals surface area (Å²) in [5, 5.41) is 14.7. The van der Waals surface area contributed by atoms with Crippen molar-refractivity contribution in [3.63, 3.8) is 0 Å². The molecule has 0 aliphatic carbocycles. The Labute approximate surface area is 252 Å². The van der Waals surface area contributed by atoms with Crippen LogP contribution in [0.2, 0.25) is 5.02 Å². The number of nitrogens with zero attached hydrogens (tertiary/aromatic N) is 1. The van der Waals surface area contributed by atoms with E-state index in [0.717, 1.165) is 12.0 Å². The molecule has 0 unspecified atom stereocenters. The second-order valence-corrected chi connectivity index (χ2v) is 13.3. The minimum Gasteiger partial charge on any atom is -0.488 e. The van der Waals surface area contributed by atoms with Gasteiger partial charge in [0.1, 0.15) is 11.9 Å². The van der Waals surface area contributed by atoms with Crippen LogP contribution in [0.4, 0.5) is 5.69 Å². The van der Waals surface area contributed by atoms with E-state index in [1.807, 2.05) is 44.2 Å². The zero-order valence-electron chi connectivity index (χ0n) is 23.8. The molecule has 9 nitrogen and oxygen atoms in total. The number of hydrogen-bond acceptors (Lipinski definition) is 7. The van der Waals surface area contributed by atoms with Crippen molar-refractivity contribution in [3.8, 4) is 5.75 Å². The van der Waals surface area contributed by atoms with Crippen molar-refractivity contribution in [3.05, 3.63) is 88.9 Å². The van der Waals surface area contributed by atoms with E-state index in [1.54, 1.807) is 12.1 Å². The zero-order chi connectivity index (χ0) is 30.3. The van der Waals surface area contributed by atoms with Gasteiger partial charge in [0.15, 0.2) is 0 Å². The number of nitrogens with one attached hydrogen (secondary N) is 1. The van der Waals surface area contributed by atoms with Gasteiger partial charge < -0.3 is 25.6 Å². The fourth-order valence-electron chi connectivity index (χ4n) is 4.77. The van der Waals surface area contributed by atoms with Crippen molar-refractivity contribution in [1.82, 2.24) is 9.62 Å². The SMILES string of the molecule is CC(C)CN(C[C@@H](O)[C@H](Cc1ccccc1)NC(=O)c1cc(Cl)cc(O[C@H]2CCOC2)c1)S(=O)(=O)c1ccc(N)cc1. The molecule has 42 heavy (non-hydrogen) atoms. The van der Waals surface area contributed by atoms with Gasteiger partial charge in [-0.15, -0.1) is 0 Å². The van der Waals surface area contributed by atoms with E-state index in [1.165, 1.54) is 34.6 Å². The number of benzene rings is 3. The van der Waals surface area contributed by atoms with E-state index < -0.39 is 28.1 Å². The van der Waals surface area contributed by atoms with Crippen molar-refractivity contribution in [2.75, 3.05) is 32.0 Å². The predicted molar refractivity (Wildman–Crippen MR) is 163 cm³/mol. The Hall–Kier alpha value is -3.15. The van der Waals surface area contributed by atoms with Crippen LogP contribution >= 0.6 is 11.6 Å². The van der Waals surface area contributed by atoms with Gasteiger partial charge in [-0.05, 0) is 60.4 Å². The standard InChI is InChI=1S/C31H38ClN3O6S/c1-21(2)18-35(42(38,39)28-10-8-25(33)9-11-28)19-30(36)29(14-22-6-4-3-5-7-22)34-31(37)23-15-24(32)17-27(16-23)41-26-12-13-40-20-26/h3-11,15-17,21,26,29-30,36H,12-14,18-20,33H2,1-2H3,(H,34,37)/t26-,29-,30+/m0/s1. The molecule has 3 aromatic carbocycles. The first-order valence-corrected chi connectivity index (χ1v) is 15.8. The molecule has 3 atom stereocenters. The summed E-state index contributed by atoms with van der Waals surface area (Å²) in [6, 6.07) is 19.3. The molecule has 0 spiro atoms. The van der Waals surface area contributed by atoms with Crippen LogP contribution in [0.25, 0.3) is 0 Å². The van der Waals surface area contributed by atoms with Crippen molar-refractivity contribution in [2.45, 2.75) is 49.8 Å². The molecule has 1 fully saturated rings. The molecule has 0 saturated carbocycles. The van der Waals surface area contributed by atoms with E-state index in [4.69, 9.17) is 26.8 Å². The lowest BCUT2D eigenvalue weighted by molar-refractivity contribution is 0.0775. The number of amides is 1. The van der Waals surface area contributed by atoms with E-state index in [9.17, 15) is 18.3 Å². The maximum absolute atomic E-state index is 13.6.